The monoisotopic (exact) mass is 444 g/mol. The molecule has 0 amide bonds. The van der Waals surface area contributed by atoms with Crippen LogP contribution in [0.4, 0.5) is 10.2 Å². The van der Waals surface area contributed by atoms with Crippen LogP contribution >= 0.6 is 11.6 Å². The van der Waals surface area contributed by atoms with E-state index in [0.29, 0.717) is 33.0 Å². The van der Waals surface area contributed by atoms with Crippen molar-refractivity contribution in [3.8, 4) is 11.3 Å². The molecule has 1 aromatic carbocycles. The number of benzene rings is 1. The number of nitrogens with one attached hydrogen (secondary N) is 1. The zero-order chi connectivity index (χ0) is 22.2. The van der Waals surface area contributed by atoms with Crippen molar-refractivity contribution < 1.29 is 4.39 Å². The summed E-state index contributed by atoms with van der Waals surface area (Å²) in [6.45, 7) is 14.0. The Morgan fingerprint density at radius 2 is 1.90 bits per heavy atom. The second-order valence-electron chi connectivity index (χ2n) is 10.6. The van der Waals surface area contributed by atoms with E-state index >= 15 is 0 Å². The van der Waals surface area contributed by atoms with E-state index in [0.717, 1.165) is 18.3 Å². The first kappa shape index (κ1) is 22.5. The molecule has 2 heterocycles. The van der Waals surface area contributed by atoms with E-state index < -0.39 is 0 Å². The van der Waals surface area contributed by atoms with Gasteiger partial charge >= 0.3 is 0 Å². The molecule has 31 heavy (non-hydrogen) atoms. The normalized spacial score (nSPS) is 23.2. The lowest BCUT2D eigenvalue weighted by atomic mass is 9.87. The van der Waals surface area contributed by atoms with Crippen LogP contribution in [0, 0.1) is 28.5 Å². The Bertz CT molecular complexity index is 901. The zero-order valence-electron chi connectivity index (χ0n) is 19.1. The smallest absolute Gasteiger partial charge is 0.148 e. The first-order chi connectivity index (χ1) is 14.7. The molecule has 1 saturated heterocycles. The predicted molar refractivity (Wildman–Crippen MR) is 126 cm³/mol. The molecule has 2 atom stereocenters. The van der Waals surface area contributed by atoms with Gasteiger partial charge in [-0.25, -0.2) is 4.39 Å². The quantitative estimate of drug-likeness (QED) is 0.581. The molecule has 4 nitrogen and oxygen atoms in total. The largest absolute Gasteiger partial charge is 0.368 e. The van der Waals surface area contributed by atoms with Crippen LogP contribution in [0.25, 0.3) is 11.3 Å². The highest BCUT2D eigenvalue weighted by molar-refractivity contribution is 6.33. The van der Waals surface area contributed by atoms with Gasteiger partial charge < -0.3 is 10.2 Å². The topological polar surface area (TPSA) is 41.1 Å². The summed E-state index contributed by atoms with van der Waals surface area (Å²) in [5.41, 5.74) is 2.04. The molecule has 0 radical (unpaired) electrons. The number of aromatic nitrogens is 2. The van der Waals surface area contributed by atoms with Gasteiger partial charge in [-0.1, -0.05) is 39.3 Å². The Hall–Kier alpha value is -1.72. The molecular weight excluding hydrogens is 411 g/mol. The lowest BCUT2D eigenvalue weighted by molar-refractivity contribution is 0.141. The van der Waals surface area contributed by atoms with Crippen molar-refractivity contribution in [1.29, 1.82) is 0 Å². The van der Waals surface area contributed by atoms with E-state index in [1.165, 1.54) is 51.0 Å². The van der Waals surface area contributed by atoms with E-state index in [9.17, 15) is 4.39 Å². The fourth-order valence-corrected chi connectivity index (χ4v) is 5.39. The number of rotatable bonds is 6. The summed E-state index contributed by atoms with van der Waals surface area (Å²) < 4.78 is 13.5. The molecule has 1 aromatic heterocycles. The minimum Gasteiger partial charge on any atom is -0.368 e. The van der Waals surface area contributed by atoms with Crippen molar-refractivity contribution in [2.75, 3.05) is 31.5 Å². The standard InChI is InChI=1S/C25H34ClFN4/c1-17-20(25(17)10-13-31(14-11-25)12-9-24(2,3)4)16-28-23-8-7-22(29-30-23)19-15-18(27)5-6-21(19)26/h5-8,15,17,20H,9-14,16H2,1-4H3,(H,28,30)/t17-,20+/m1/s1. The zero-order valence-corrected chi connectivity index (χ0v) is 19.8. The van der Waals surface area contributed by atoms with Crippen molar-refractivity contribution in [2.45, 2.75) is 47.0 Å². The number of nitrogens with zero attached hydrogens (tertiary/aromatic N) is 3. The van der Waals surface area contributed by atoms with Crippen LogP contribution in [-0.2, 0) is 0 Å². The van der Waals surface area contributed by atoms with Crippen LogP contribution in [-0.4, -0.2) is 41.3 Å². The third-order valence-electron chi connectivity index (χ3n) is 7.48. The van der Waals surface area contributed by atoms with Crippen molar-refractivity contribution in [3.63, 3.8) is 0 Å². The van der Waals surface area contributed by atoms with Gasteiger partial charge in [0.1, 0.15) is 11.6 Å². The van der Waals surface area contributed by atoms with E-state index in [1.54, 1.807) is 6.07 Å². The molecule has 1 N–H and O–H groups in total. The minimum atomic E-state index is -0.333. The van der Waals surface area contributed by atoms with Crippen LogP contribution < -0.4 is 5.32 Å². The summed E-state index contributed by atoms with van der Waals surface area (Å²) in [5, 5.41) is 12.5. The molecule has 0 bridgehead atoms. The van der Waals surface area contributed by atoms with Crippen LogP contribution in [0.3, 0.4) is 0 Å². The Morgan fingerprint density at radius 1 is 1.16 bits per heavy atom. The number of likely N-dealkylation sites (tertiary alicyclic amines) is 1. The number of anilines is 1. The molecule has 168 valence electrons. The molecule has 1 spiro atoms. The Labute approximate surface area is 190 Å². The molecular formula is C25H34ClFN4. The molecule has 0 unspecified atom stereocenters. The third-order valence-corrected chi connectivity index (χ3v) is 7.81. The first-order valence-electron chi connectivity index (χ1n) is 11.4. The number of piperidine rings is 1. The molecule has 1 saturated carbocycles. The average molecular weight is 445 g/mol. The highest BCUT2D eigenvalue weighted by atomic mass is 35.5. The van der Waals surface area contributed by atoms with Crippen LogP contribution in [0.15, 0.2) is 30.3 Å². The van der Waals surface area contributed by atoms with Gasteiger partial charge in [0.05, 0.1) is 10.7 Å². The number of hydrogen-bond donors (Lipinski definition) is 1. The van der Waals surface area contributed by atoms with E-state index in [-0.39, 0.29) is 5.82 Å². The second-order valence-corrected chi connectivity index (χ2v) is 11.0. The minimum absolute atomic E-state index is 0.333. The van der Waals surface area contributed by atoms with Gasteiger partial charge in [-0.15, -0.1) is 10.2 Å². The lowest BCUT2D eigenvalue weighted by Gasteiger charge is -2.35. The molecule has 4 rings (SSSR count). The summed E-state index contributed by atoms with van der Waals surface area (Å²) in [7, 11) is 0. The lowest BCUT2D eigenvalue weighted by Crippen LogP contribution is -2.37. The van der Waals surface area contributed by atoms with Crippen LogP contribution in [0.2, 0.25) is 5.02 Å². The maximum Gasteiger partial charge on any atom is 0.148 e. The maximum absolute atomic E-state index is 13.5. The first-order valence-corrected chi connectivity index (χ1v) is 11.8. The Morgan fingerprint density at radius 3 is 2.55 bits per heavy atom. The molecule has 2 fully saturated rings. The maximum atomic E-state index is 13.5. The molecule has 2 aliphatic rings. The molecule has 2 aromatic rings. The number of hydrogen-bond acceptors (Lipinski definition) is 4. The van der Waals surface area contributed by atoms with E-state index in [2.05, 4.69) is 48.1 Å². The van der Waals surface area contributed by atoms with E-state index in [4.69, 9.17) is 11.6 Å². The van der Waals surface area contributed by atoms with Crippen LogP contribution in [0.1, 0.15) is 47.0 Å². The van der Waals surface area contributed by atoms with Crippen LogP contribution in [0.5, 0.6) is 0 Å². The van der Waals surface area contributed by atoms with E-state index in [1.807, 2.05) is 12.1 Å². The summed E-state index contributed by atoms with van der Waals surface area (Å²) in [6, 6.07) is 8.02. The summed E-state index contributed by atoms with van der Waals surface area (Å²) in [6.07, 6.45) is 3.86. The van der Waals surface area contributed by atoms with Gasteiger partial charge in [-0.3, -0.25) is 0 Å². The summed E-state index contributed by atoms with van der Waals surface area (Å²) in [5.74, 6) is 1.87. The van der Waals surface area contributed by atoms with Crippen molar-refractivity contribution >= 4 is 17.4 Å². The van der Waals surface area contributed by atoms with Crippen molar-refractivity contribution in [2.24, 2.45) is 22.7 Å². The van der Waals surface area contributed by atoms with Gasteiger partial charge in [0, 0.05) is 12.1 Å². The fourth-order valence-electron chi connectivity index (χ4n) is 5.17. The molecule has 6 heteroatoms. The highest BCUT2D eigenvalue weighted by Gasteiger charge is 2.61. The van der Waals surface area contributed by atoms with Gasteiger partial charge in [0.15, 0.2) is 0 Å². The average Bonchev–Trinajstić information content (AvgIpc) is 3.28. The van der Waals surface area contributed by atoms with Gasteiger partial charge in [0.25, 0.3) is 0 Å². The fraction of sp³-hybridized carbons (Fsp3) is 0.600. The SMILES string of the molecule is C[C@@H]1[C@H](CNc2ccc(-c3cc(F)ccc3Cl)nn2)C12CCN(CCC(C)(C)C)CC2. The Kier molecular flexibility index (Phi) is 6.28. The van der Waals surface area contributed by atoms with Crippen molar-refractivity contribution in [1.82, 2.24) is 15.1 Å². The predicted octanol–water partition coefficient (Wildman–Crippen LogP) is 6.13. The van der Waals surface area contributed by atoms with Crippen molar-refractivity contribution in [3.05, 3.63) is 41.2 Å². The van der Waals surface area contributed by atoms with Gasteiger partial charge in [0.2, 0.25) is 0 Å². The number of halogens is 2. The second kappa shape index (κ2) is 8.67. The summed E-state index contributed by atoms with van der Waals surface area (Å²) >= 11 is 6.18. The molecule has 1 aliphatic carbocycles. The highest BCUT2D eigenvalue weighted by Crippen LogP contribution is 2.64. The van der Waals surface area contributed by atoms with Gasteiger partial charge in [-0.2, -0.15) is 0 Å². The third kappa shape index (κ3) is 5.04. The molecule has 1 aliphatic heterocycles. The Balaban J connectivity index is 1.29. The summed E-state index contributed by atoms with van der Waals surface area (Å²) in [4.78, 5) is 2.65. The van der Waals surface area contributed by atoms with Gasteiger partial charge in [-0.05, 0) is 91.9 Å².